The number of rotatable bonds is 78. The van der Waals surface area contributed by atoms with E-state index >= 15 is 0 Å². The number of unbranched alkanes of at least 4 members (excludes halogenated alkanes) is 72. The third kappa shape index (κ3) is 74.2. The molecule has 0 bridgehead atoms. The second-order valence-corrected chi connectivity index (χ2v) is 33.9. The molecule has 0 N–H and O–H groups in total. The van der Waals surface area contributed by atoms with E-state index in [1.54, 1.807) is 24.3 Å². The largest absolute Gasteiger partial charge is 2.00 e. The van der Waals surface area contributed by atoms with Gasteiger partial charge in [-0.2, -0.15) is 0 Å². The second-order valence-electron chi connectivity index (χ2n) is 31.2. The van der Waals surface area contributed by atoms with Gasteiger partial charge in [0.05, 0.1) is 9.79 Å². The predicted molar refractivity (Wildman–Crippen MR) is 435 cm³/mol. The van der Waals surface area contributed by atoms with Crippen LogP contribution in [0.1, 0.15) is 500 Å². The minimum Gasteiger partial charge on any atom is -0.744 e. The molecule has 0 saturated carbocycles. The molecule has 0 amide bonds. The molecule has 0 heterocycles. The summed E-state index contributed by atoms with van der Waals surface area (Å²) in [5.41, 5.74) is 2.23. The van der Waals surface area contributed by atoms with Crippen molar-refractivity contribution in [2.24, 2.45) is 0 Å². The van der Waals surface area contributed by atoms with Crippen molar-refractivity contribution >= 4 is 58.0 Å². The Morgan fingerprint density at radius 3 is 0.384 bits per heavy atom. The van der Waals surface area contributed by atoms with Crippen LogP contribution in [0.4, 0.5) is 0 Å². The summed E-state index contributed by atoms with van der Waals surface area (Å²) in [6, 6.07) is 12.8. The Balaban J connectivity index is 0.00000192. The van der Waals surface area contributed by atoms with Gasteiger partial charge >= 0.3 is 37.7 Å². The molecule has 0 fully saturated rings. The summed E-state index contributed by atoms with van der Waals surface area (Å²) in [6.45, 7) is 4.61. The second kappa shape index (κ2) is 78.6. The molecular weight excluding hydrogens is 1280 g/mol. The van der Waals surface area contributed by atoms with Gasteiger partial charge in [-0.25, -0.2) is 16.8 Å². The van der Waals surface area contributed by atoms with Crippen molar-refractivity contribution in [2.45, 2.75) is 512 Å². The van der Waals surface area contributed by atoms with Gasteiger partial charge in [0.15, 0.2) is 0 Å². The summed E-state index contributed by atoms with van der Waals surface area (Å²) < 4.78 is 66.1. The standard InChI is InChI=1S/2C45H84O3S.Ca/c2*1-2-3-4-5-6-7-8-9-10-11-12-13-14-15-16-17-18-19-20-21-22-23-24-25-26-27-28-29-30-31-32-33-34-35-36-37-38-39-44-40-42-45(43-41-44)49(46,47)48;/h2*40-43H,2-39H2,1H3,(H,46,47,48);/q;;+2/p-2. The van der Waals surface area contributed by atoms with Crippen LogP contribution in [0.2, 0.25) is 0 Å². The Hall–Kier alpha value is -0.480. The Labute approximate surface area is 649 Å². The first-order chi connectivity index (χ1) is 48.1. The van der Waals surface area contributed by atoms with E-state index < -0.39 is 20.2 Å². The minimum atomic E-state index is -4.33. The molecule has 0 aromatic heterocycles. The molecule has 0 atom stereocenters. The molecule has 0 radical (unpaired) electrons. The molecule has 9 heteroatoms. The fourth-order valence-electron chi connectivity index (χ4n) is 14.8. The number of aryl methyl sites for hydroxylation is 2. The van der Waals surface area contributed by atoms with Crippen LogP contribution in [0.15, 0.2) is 58.3 Å². The maximum atomic E-state index is 11.0. The molecule has 99 heavy (non-hydrogen) atoms. The van der Waals surface area contributed by atoms with E-state index in [0.29, 0.717) is 0 Å². The third-order valence-electron chi connectivity index (χ3n) is 21.6. The van der Waals surface area contributed by atoms with Crippen molar-refractivity contribution in [3.8, 4) is 0 Å². The van der Waals surface area contributed by atoms with Crippen molar-refractivity contribution in [1.82, 2.24) is 0 Å². The summed E-state index contributed by atoms with van der Waals surface area (Å²) >= 11 is 0. The van der Waals surface area contributed by atoms with Crippen molar-refractivity contribution < 1.29 is 25.9 Å². The van der Waals surface area contributed by atoms with Crippen LogP contribution in [-0.2, 0) is 33.1 Å². The average molecular weight is 1450 g/mol. The third-order valence-corrected chi connectivity index (χ3v) is 23.3. The zero-order valence-corrected chi connectivity index (χ0v) is 70.2. The van der Waals surface area contributed by atoms with E-state index in [-0.39, 0.29) is 47.5 Å². The van der Waals surface area contributed by atoms with Gasteiger partial charge < -0.3 is 9.11 Å². The summed E-state index contributed by atoms with van der Waals surface area (Å²) in [7, 11) is -8.66. The first kappa shape index (κ1) is 98.5. The molecule has 576 valence electrons. The summed E-state index contributed by atoms with van der Waals surface area (Å²) in [6.07, 6.45) is 108. The van der Waals surface area contributed by atoms with E-state index in [9.17, 15) is 25.9 Å². The first-order valence-corrected chi connectivity index (χ1v) is 47.0. The Bertz CT molecular complexity index is 1950. The quantitative estimate of drug-likeness (QED) is 0.0370. The normalized spacial score (nSPS) is 11.8. The van der Waals surface area contributed by atoms with Crippen molar-refractivity contribution in [1.29, 1.82) is 0 Å². The predicted octanol–water partition coefficient (Wildman–Crippen LogP) is 30.8. The first-order valence-electron chi connectivity index (χ1n) is 44.2. The van der Waals surface area contributed by atoms with Gasteiger partial charge in [0, 0.05) is 0 Å². The SMILES string of the molecule is CCCCCCCCCCCCCCCCCCCCCCCCCCCCCCCCCCCCCCCc1ccc(S(=O)(=O)[O-])cc1.CCCCCCCCCCCCCCCCCCCCCCCCCCCCCCCCCCCCCCCc1ccc(S(=O)(=O)[O-])cc1.[Ca+2]. The number of hydrogen-bond acceptors (Lipinski definition) is 6. The average Bonchev–Trinajstić information content (AvgIpc) is 0.922. The van der Waals surface area contributed by atoms with Gasteiger partial charge in [-0.1, -0.05) is 500 Å². The van der Waals surface area contributed by atoms with Crippen LogP contribution in [-0.4, -0.2) is 63.7 Å². The topological polar surface area (TPSA) is 114 Å². The molecule has 0 aliphatic rings. The Morgan fingerprint density at radius 1 is 0.182 bits per heavy atom. The molecular formula is C90H166CaO6S2. The van der Waals surface area contributed by atoms with E-state index in [0.717, 1.165) is 36.8 Å². The van der Waals surface area contributed by atoms with Crippen molar-refractivity contribution in [3.63, 3.8) is 0 Å². The number of hydrogen-bond donors (Lipinski definition) is 0. The van der Waals surface area contributed by atoms with Crippen LogP contribution in [0, 0.1) is 0 Å². The van der Waals surface area contributed by atoms with E-state index in [1.807, 2.05) is 0 Å². The van der Waals surface area contributed by atoms with Gasteiger partial charge in [0.2, 0.25) is 0 Å². The van der Waals surface area contributed by atoms with Crippen LogP contribution in [0.3, 0.4) is 0 Å². The van der Waals surface area contributed by atoms with Gasteiger partial charge in [-0.15, -0.1) is 0 Å². The number of benzene rings is 2. The van der Waals surface area contributed by atoms with Crippen LogP contribution in [0.25, 0.3) is 0 Å². The molecule has 0 spiro atoms. The fraction of sp³-hybridized carbons (Fsp3) is 0.867. The molecule has 2 rings (SSSR count). The molecule has 0 saturated heterocycles. The van der Waals surface area contributed by atoms with Gasteiger partial charge in [-0.05, 0) is 61.1 Å². The Kier molecular flexibility index (Phi) is 78.2. The molecule has 6 nitrogen and oxygen atoms in total. The fourth-order valence-corrected chi connectivity index (χ4v) is 15.8. The molecule has 0 aliphatic heterocycles. The van der Waals surface area contributed by atoms with E-state index in [1.165, 1.54) is 487 Å². The van der Waals surface area contributed by atoms with Crippen molar-refractivity contribution in [3.05, 3.63) is 59.7 Å². The van der Waals surface area contributed by atoms with Gasteiger partial charge in [0.25, 0.3) is 0 Å². The smallest absolute Gasteiger partial charge is 0.744 e. The Morgan fingerprint density at radius 2 is 0.283 bits per heavy atom. The zero-order chi connectivity index (χ0) is 70.7. The monoisotopic (exact) mass is 1450 g/mol. The maximum absolute atomic E-state index is 11.0. The van der Waals surface area contributed by atoms with Gasteiger partial charge in [-0.3, -0.25) is 0 Å². The van der Waals surface area contributed by atoms with Crippen LogP contribution in [0.5, 0.6) is 0 Å². The molecule has 2 aromatic rings. The molecule has 0 unspecified atom stereocenters. The van der Waals surface area contributed by atoms with E-state index in [2.05, 4.69) is 13.8 Å². The van der Waals surface area contributed by atoms with Crippen molar-refractivity contribution in [2.75, 3.05) is 0 Å². The maximum Gasteiger partial charge on any atom is 2.00 e. The van der Waals surface area contributed by atoms with E-state index in [4.69, 9.17) is 0 Å². The van der Waals surface area contributed by atoms with Crippen LogP contribution >= 0.6 is 0 Å². The summed E-state index contributed by atoms with van der Waals surface area (Å²) in [5, 5.41) is 0. The summed E-state index contributed by atoms with van der Waals surface area (Å²) in [4.78, 5) is -0.263. The van der Waals surface area contributed by atoms with Crippen LogP contribution < -0.4 is 0 Å². The molecule has 0 aliphatic carbocycles. The summed E-state index contributed by atoms with van der Waals surface area (Å²) in [5.74, 6) is 0. The minimum absolute atomic E-state index is 0. The zero-order valence-electron chi connectivity index (χ0n) is 66.3. The molecule has 2 aromatic carbocycles. The van der Waals surface area contributed by atoms with Gasteiger partial charge in [0.1, 0.15) is 20.2 Å².